The molecule has 0 unspecified atom stereocenters. The van der Waals surface area contributed by atoms with Crippen molar-refractivity contribution in [2.75, 3.05) is 44.6 Å². The van der Waals surface area contributed by atoms with E-state index in [9.17, 15) is 9.59 Å². The van der Waals surface area contributed by atoms with Gasteiger partial charge in [0.25, 0.3) is 11.8 Å². The Kier molecular flexibility index (Phi) is 6.60. The third-order valence-electron chi connectivity index (χ3n) is 4.78. The van der Waals surface area contributed by atoms with Gasteiger partial charge in [0.15, 0.2) is 0 Å². The molecule has 1 aliphatic heterocycles. The topological polar surface area (TPSA) is 74.8 Å². The first-order valence-electron chi connectivity index (χ1n) is 9.61. The van der Waals surface area contributed by atoms with E-state index in [4.69, 9.17) is 4.74 Å². The van der Waals surface area contributed by atoms with Crippen LogP contribution in [-0.4, -0.2) is 65.9 Å². The van der Waals surface area contributed by atoms with Crippen LogP contribution in [0.2, 0.25) is 0 Å². The van der Waals surface area contributed by atoms with Crippen molar-refractivity contribution in [2.24, 2.45) is 0 Å². The predicted molar refractivity (Wildman–Crippen MR) is 108 cm³/mol. The Morgan fingerprint density at radius 3 is 2.36 bits per heavy atom. The van der Waals surface area contributed by atoms with Gasteiger partial charge >= 0.3 is 0 Å². The van der Waals surface area contributed by atoms with E-state index in [1.807, 2.05) is 11.8 Å². The summed E-state index contributed by atoms with van der Waals surface area (Å²) < 4.78 is 5.40. The molecule has 0 saturated carbocycles. The molecule has 1 aromatic heterocycles. The number of benzene rings is 1. The molecule has 148 valence electrons. The Balaban J connectivity index is 1.65. The standard InChI is InChI=1S/C21H26N4O3/c1-3-24-9-11-25(12-10-24)21(27)17-13-16(14-22-15-17)20(26)23-18-5-7-19(8-6-18)28-4-2/h5-8,13-15H,3-4,9-12H2,1-2H3,(H,23,26). The number of aromatic nitrogens is 1. The molecule has 7 nitrogen and oxygen atoms in total. The highest BCUT2D eigenvalue weighted by atomic mass is 16.5. The van der Waals surface area contributed by atoms with E-state index in [-0.39, 0.29) is 11.8 Å². The van der Waals surface area contributed by atoms with Gasteiger partial charge in [0.05, 0.1) is 17.7 Å². The van der Waals surface area contributed by atoms with E-state index in [0.717, 1.165) is 25.4 Å². The number of nitrogens with zero attached hydrogens (tertiary/aromatic N) is 3. The fraction of sp³-hybridized carbons (Fsp3) is 0.381. The number of carbonyl (C=O) groups excluding carboxylic acids is 2. The first-order chi connectivity index (χ1) is 13.6. The van der Waals surface area contributed by atoms with Crippen LogP contribution in [0.4, 0.5) is 5.69 Å². The second-order valence-corrected chi connectivity index (χ2v) is 6.60. The summed E-state index contributed by atoms with van der Waals surface area (Å²) in [4.78, 5) is 33.5. The molecule has 0 bridgehead atoms. The minimum atomic E-state index is -0.304. The van der Waals surface area contributed by atoms with E-state index in [1.165, 1.54) is 12.4 Å². The average Bonchev–Trinajstić information content (AvgIpc) is 2.75. The van der Waals surface area contributed by atoms with Gasteiger partial charge < -0.3 is 19.9 Å². The van der Waals surface area contributed by atoms with Crippen LogP contribution in [0.5, 0.6) is 5.75 Å². The second-order valence-electron chi connectivity index (χ2n) is 6.60. The first kappa shape index (κ1) is 19.8. The van der Waals surface area contributed by atoms with Gasteiger partial charge in [-0.2, -0.15) is 0 Å². The van der Waals surface area contributed by atoms with E-state index in [2.05, 4.69) is 22.1 Å². The fourth-order valence-corrected chi connectivity index (χ4v) is 3.14. The quantitative estimate of drug-likeness (QED) is 0.831. The number of piperazine rings is 1. The smallest absolute Gasteiger partial charge is 0.257 e. The normalized spacial score (nSPS) is 14.6. The number of rotatable bonds is 6. The maximum absolute atomic E-state index is 12.7. The average molecular weight is 382 g/mol. The van der Waals surface area contributed by atoms with Crippen molar-refractivity contribution < 1.29 is 14.3 Å². The van der Waals surface area contributed by atoms with Crippen molar-refractivity contribution in [2.45, 2.75) is 13.8 Å². The zero-order chi connectivity index (χ0) is 19.9. The summed E-state index contributed by atoms with van der Waals surface area (Å²) in [6, 6.07) is 8.75. The molecule has 1 aliphatic rings. The molecule has 0 radical (unpaired) electrons. The lowest BCUT2D eigenvalue weighted by atomic mass is 10.1. The summed E-state index contributed by atoms with van der Waals surface area (Å²) in [5.74, 6) is 0.360. The van der Waals surface area contributed by atoms with Gasteiger partial charge in [-0.1, -0.05) is 6.92 Å². The largest absolute Gasteiger partial charge is 0.494 e. The zero-order valence-electron chi connectivity index (χ0n) is 16.4. The first-order valence-corrected chi connectivity index (χ1v) is 9.61. The van der Waals surface area contributed by atoms with E-state index in [1.54, 1.807) is 30.3 Å². The van der Waals surface area contributed by atoms with Gasteiger partial charge in [-0.05, 0) is 43.8 Å². The highest BCUT2D eigenvalue weighted by Crippen LogP contribution is 2.17. The number of hydrogen-bond acceptors (Lipinski definition) is 5. The number of nitrogens with one attached hydrogen (secondary N) is 1. The maximum Gasteiger partial charge on any atom is 0.257 e. The number of likely N-dealkylation sites (N-methyl/N-ethyl adjacent to an activating group) is 1. The number of carbonyl (C=O) groups is 2. The lowest BCUT2D eigenvalue weighted by Crippen LogP contribution is -2.48. The number of ether oxygens (including phenoxy) is 1. The van der Waals surface area contributed by atoms with Gasteiger partial charge in [-0.25, -0.2) is 0 Å². The van der Waals surface area contributed by atoms with E-state index >= 15 is 0 Å². The number of amides is 2. The molecule has 0 aliphatic carbocycles. The van der Waals surface area contributed by atoms with Crippen LogP contribution in [-0.2, 0) is 0 Å². The Morgan fingerprint density at radius 2 is 1.71 bits per heavy atom. The predicted octanol–water partition coefficient (Wildman–Crippen LogP) is 2.51. The van der Waals surface area contributed by atoms with Gasteiger partial charge in [0, 0.05) is 44.3 Å². The maximum atomic E-state index is 12.7. The lowest BCUT2D eigenvalue weighted by molar-refractivity contribution is 0.0643. The summed E-state index contributed by atoms with van der Waals surface area (Å²) in [5, 5.41) is 2.82. The third-order valence-corrected chi connectivity index (χ3v) is 4.78. The molecule has 0 atom stereocenters. The van der Waals surface area contributed by atoms with Crippen LogP contribution < -0.4 is 10.1 Å². The Hall–Kier alpha value is -2.93. The number of pyridine rings is 1. The van der Waals surface area contributed by atoms with E-state index < -0.39 is 0 Å². The molecule has 7 heteroatoms. The molecule has 2 amide bonds. The fourth-order valence-electron chi connectivity index (χ4n) is 3.14. The highest BCUT2D eigenvalue weighted by Gasteiger charge is 2.22. The molecule has 3 rings (SSSR count). The lowest BCUT2D eigenvalue weighted by Gasteiger charge is -2.34. The molecular formula is C21H26N4O3. The molecule has 0 spiro atoms. The number of anilines is 1. The van der Waals surface area contributed by atoms with Gasteiger partial charge in [-0.15, -0.1) is 0 Å². The molecule has 1 N–H and O–H groups in total. The Labute approximate surface area is 165 Å². The summed E-state index contributed by atoms with van der Waals surface area (Å²) in [6.45, 7) is 8.73. The van der Waals surface area contributed by atoms with Crippen molar-refractivity contribution in [3.63, 3.8) is 0 Å². The second kappa shape index (κ2) is 9.32. The molecule has 1 saturated heterocycles. The number of hydrogen-bond donors (Lipinski definition) is 1. The zero-order valence-corrected chi connectivity index (χ0v) is 16.4. The van der Waals surface area contributed by atoms with Crippen LogP contribution in [0.25, 0.3) is 0 Å². The van der Waals surface area contributed by atoms with Crippen LogP contribution in [0.3, 0.4) is 0 Å². The van der Waals surface area contributed by atoms with Crippen LogP contribution >= 0.6 is 0 Å². The van der Waals surface area contributed by atoms with Crippen molar-refractivity contribution in [1.82, 2.24) is 14.8 Å². The molecule has 1 aromatic carbocycles. The highest BCUT2D eigenvalue weighted by molar-refractivity contribution is 6.05. The van der Waals surface area contributed by atoms with Crippen molar-refractivity contribution in [3.8, 4) is 5.75 Å². The van der Waals surface area contributed by atoms with E-state index in [0.29, 0.717) is 36.5 Å². The van der Waals surface area contributed by atoms with Crippen molar-refractivity contribution >= 4 is 17.5 Å². The molecule has 1 fully saturated rings. The minimum Gasteiger partial charge on any atom is -0.494 e. The van der Waals surface area contributed by atoms with Gasteiger partial charge in [0.2, 0.25) is 0 Å². The minimum absolute atomic E-state index is 0.0843. The van der Waals surface area contributed by atoms with Crippen LogP contribution in [0.15, 0.2) is 42.7 Å². The SMILES string of the molecule is CCOc1ccc(NC(=O)c2cncc(C(=O)N3CCN(CC)CC3)c2)cc1. The molecule has 2 heterocycles. The third kappa shape index (κ3) is 4.86. The summed E-state index contributed by atoms with van der Waals surface area (Å²) in [6.07, 6.45) is 2.98. The molecule has 28 heavy (non-hydrogen) atoms. The Morgan fingerprint density at radius 1 is 1.04 bits per heavy atom. The van der Waals surface area contributed by atoms with Crippen molar-refractivity contribution in [1.29, 1.82) is 0 Å². The summed E-state index contributed by atoms with van der Waals surface area (Å²) in [5.41, 5.74) is 1.44. The van der Waals surface area contributed by atoms with Crippen molar-refractivity contribution in [3.05, 3.63) is 53.9 Å². The van der Waals surface area contributed by atoms with Gasteiger partial charge in [0.1, 0.15) is 5.75 Å². The Bertz CT molecular complexity index is 815. The van der Waals surface area contributed by atoms with Crippen LogP contribution in [0.1, 0.15) is 34.6 Å². The van der Waals surface area contributed by atoms with Gasteiger partial charge in [-0.3, -0.25) is 14.6 Å². The molecule has 2 aromatic rings. The summed E-state index contributed by atoms with van der Waals surface area (Å²) in [7, 11) is 0. The summed E-state index contributed by atoms with van der Waals surface area (Å²) >= 11 is 0. The molecular weight excluding hydrogens is 356 g/mol. The van der Waals surface area contributed by atoms with Crippen LogP contribution in [0, 0.1) is 0 Å². The monoisotopic (exact) mass is 382 g/mol.